The summed E-state index contributed by atoms with van der Waals surface area (Å²) in [5.41, 5.74) is 1.89. The average molecular weight is 349 g/mol. The van der Waals surface area contributed by atoms with Gasteiger partial charge in [0.25, 0.3) is 0 Å². The zero-order valence-electron chi connectivity index (χ0n) is 15.3. The first-order valence-corrected chi connectivity index (χ1v) is 8.58. The van der Waals surface area contributed by atoms with E-state index in [9.17, 15) is 4.79 Å². The molecular weight excluding hydrogens is 326 g/mol. The van der Waals surface area contributed by atoms with Gasteiger partial charge in [0, 0.05) is 11.5 Å². The molecule has 0 spiro atoms. The Bertz CT molecular complexity index is 865. The first-order valence-electron chi connectivity index (χ1n) is 8.58. The van der Waals surface area contributed by atoms with Crippen LogP contribution in [-0.2, 0) is 12.0 Å². The predicted molar refractivity (Wildman–Crippen MR) is 103 cm³/mol. The minimum atomic E-state index is -0.536. The molecule has 3 rings (SSSR count). The van der Waals surface area contributed by atoms with E-state index in [1.165, 1.54) is 0 Å². The monoisotopic (exact) mass is 349 g/mol. The van der Waals surface area contributed by atoms with E-state index < -0.39 is 6.09 Å². The van der Waals surface area contributed by atoms with Crippen molar-refractivity contribution in [2.75, 3.05) is 5.32 Å². The second-order valence-corrected chi connectivity index (χ2v) is 7.14. The van der Waals surface area contributed by atoms with Crippen molar-refractivity contribution in [1.29, 1.82) is 0 Å². The topological polar surface area (TPSA) is 56.1 Å². The van der Waals surface area contributed by atoms with Crippen LogP contribution in [-0.4, -0.2) is 15.9 Å². The molecule has 5 nitrogen and oxygen atoms in total. The largest absolute Gasteiger partial charge is 0.418 e. The third kappa shape index (κ3) is 4.51. The van der Waals surface area contributed by atoms with E-state index in [1.54, 1.807) is 16.8 Å². The van der Waals surface area contributed by atoms with Gasteiger partial charge in [0.15, 0.2) is 0 Å². The predicted octanol–water partition coefficient (Wildman–Crippen LogP) is 4.84. The summed E-state index contributed by atoms with van der Waals surface area (Å²) in [7, 11) is 0. The van der Waals surface area contributed by atoms with Crippen LogP contribution in [0.4, 0.5) is 10.6 Å². The number of rotatable bonds is 4. The van der Waals surface area contributed by atoms with Gasteiger partial charge in [-0.05, 0) is 17.7 Å². The number of hydrogen-bond donors (Lipinski definition) is 1. The number of anilines is 1. The van der Waals surface area contributed by atoms with Crippen molar-refractivity contribution in [2.45, 2.75) is 32.7 Å². The molecular formula is C21H23N3O2. The van der Waals surface area contributed by atoms with E-state index >= 15 is 0 Å². The van der Waals surface area contributed by atoms with E-state index in [4.69, 9.17) is 4.74 Å². The summed E-state index contributed by atoms with van der Waals surface area (Å²) in [5.74, 6) is 1.11. The molecule has 3 aromatic rings. The molecule has 134 valence electrons. The second-order valence-electron chi connectivity index (χ2n) is 7.14. The third-order valence-corrected chi connectivity index (χ3v) is 3.91. The summed E-state index contributed by atoms with van der Waals surface area (Å²) in [6.45, 7) is 6.84. The zero-order chi connectivity index (χ0) is 18.6. The Morgan fingerprint density at radius 3 is 2.27 bits per heavy atom. The number of ether oxygens (including phenoxy) is 1. The summed E-state index contributed by atoms with van der Waals surface area (Å²) in [5, 5.41) is 7.49. The second kappa shape index (κ2) is 7.44. The van der Waals surface area contributed by atoms with E-state index in [2.05, 4.69) is 31.2 Å². The Morgan fingerprint density at radius 1 is 1.04 bits per heavy atom. The highest BCUT2D eigenvalue weighted by atomic mass is 16.6. The number of nitrogens with zero attached hydrogens (tertiary/aromatic N) is 2. The van der Waals surface area contributed by atoms with Crippen LogP contribution in [0.2, 0.25) is 0 Å². The SMILES string of the molecule is CC(C)(C)c1cc(NC(=O)Oc2ccccc2)n(Cc2ccccc2)n1. The van der Waals surface area contributed by atoms with Crippen molar-refractivity contribution in [2.24, 2.45) is 0 Å². The molecule has 0 aliphatic heterocycles. The molecule has 0 fully saturated rings. The van der Waals surface area contributed by atoms with E-state index in [-0.39, 0.29) is 5.41 Å². The number of para-hydroxylation sites is 1. The van der Waals surface area contributed by atoms with Gasteiger partial charge < -0.3 is 4.74 Å². The molecule has 1 amide bonds. The van der Waals surface area contributed by atoms with Gasteiger partial charge in [-0.15, -0.1) is 0 Å². The lowest BCUT2D eigenvalue weighted by molar-refractivity contribution is 0.215. The molecule has 0 aliphatic rings. The smallest absolute Gasteiger partial charge is 0.410 e. The highest BCUT2D eigenvalue weighted by Crippen LogP contribution is 2.25. The summed E-state index contributed by atoms with van der Waals surface area (Å²) >= 11 is 0. The Labute approximate surface area is 153 Å². The fraction of sp³-hybridized carbons (Fsp3) is 0.238. The average Bonchev–Trinajstić information content (AvgIpc) is 2.99. The fourth-order valence-corrected chi connectivity index (χ4v) is 2.49. The molecule has 26 heavy (non-hydrogen) atoms. The quantitative estimate of drug-likeness (QED) is 0.733. The van der Waals surface area contributed by atoms with Crippen molar-refractivity contribution >= 4 is 11.9 Å². The Kier molecular flexibility index (Phi) is 5.07. The van der Waals surface area contributed by atoms with E-state index in [1.807, 2.05) is 54.6 Å². The van der Waals surface area contributed by atoms with Crippen molar-refractivity contribution in [3.05, 3.63) is 78.0 Å². The summed E-state index contributed by atoms with van der Waals surface area (Å²) in [6.07, 6.45) is -0.536. The van der Waals surface area contributed by atoms with Crippen LogP contribution < -0.4 is 10.1 Å². The number of nitrogens with one attached hydrogen (secondary N) is 1. The molecule has 0 bridgehead atoms. The van der Waals surface area contributed by atoms with Gasteiger partial charge in [0.2, 0.25) is 0 Å². The Morgan fingerprint density at radius 2 is 1.65 bits per heavy atom. The van der Waals surface area contributed by atoms with Crippen LogP contribution in [0.15, 0.2) is 66.7 Å². The minimum Gasteiger partial charge on any atom is -0.410 e. The maximum absolute atomic E-state index is 12.3. The van der Waals surface area contributed by atoms with Gasteiger partial charge in [-0.25, -0.2) is 9.48 Å². The molecule has 0 aliphatic carbocycles. The number of carbonyl (C=O) groups excluding carboxylic acids is 1. The molecule has 0 radical (unpaired) electrons. The number of carbonyl (C=O) groups is 1. The molecule has 1 aromatic heterocycles. The van der Waals surface area contributed by atoms with E-state index in [0.717, 1.165) is 11.3 Å². The number of benzene rings is 2. The molecule has 1 N–H and O–H groups in total. The molecule has 0 saturated carbocycles. The number of amides is 1. The normalized spacial score (nSPS) is 11.2. The first-order chi connectivity index (χ1) is 12.4. The van der Waals surface area contributed by atoms with Crippen LogP contribution in [0.1, 0.15) is 32.0 Å². The van der Waals surface area contributed by atoms with Gasteiger partial charge in [-0.1, -0.05) is 69.3 Å². The summed E-state index contributed by atoms with van der Waals surface area (Å²) in [4.78, 5) is 12.3. The highest BCUT2D eigenvalue weighted by Gasteiger charge is 2.21. The first kappa shape index (κ1) is 17.7. The molecule has 1 heterocycles. The maximum atomic E-state index is 12.3. The Hall–Kier alpha value is -3.08. The number of hydrogen-bond acceptors (Lipinski definition) is 3. The van der Waals surface area contributed by atoms with Gasteiger partial charge in [-0.3, -0.25) is 5.32 Å². The third-order valence-electron chi connectivity index (χ3n) is 3.91. The lowest BCUT2D eigenvalue weighted by atomic mass is 9.92. The van der Waals surface area contributed by atoms with Crippen LogP contribution >= 0.6 is 0 Å². The van der Waals surface area contributed by atoms with Gasteiger partial charge in [0.05, 0.1) is 12.2 Å². The van der Waals surface area contributed by atoms with Gasteiger partial charge in [-0.2, -0.15) is 5.10 Å². The standard InChI is InChI=1S/C21H23N3O2/c1-21(2,3)18-14-19(22-20(25)26-17-12-8-5-9-13-17)24(23-18)15-16-10-6-4-7-11-16/h4-14H,15H2,1-3H3,(H,22,25). The molecule has 5 heteroatoms. The van der Waals surface area contributed by atoms with Crippen molar-refractivity contribution in [3.8, 4) is 5.75 Å². The Balaban J connectivity index is 1.82. The summed E-state index contributed by atoms with van der Waals surface area (Å²) in [6, 6.07) is 20.9. The van der Waals surface area contributed by atoms with E-state index in [0.29, 0.717) is 18.1 Å². The van der Waals surface area contributed by atoms with Crippen molar-refractivity contribution in [1.82, 2.24) is 9.78 Å². The van der Waals surface area contributed by atoms with Crippen LogP contribution in [0.5, 0.6) is 5.75 Å². The highest BCUT2D eigenvalue weighted by molar-refractivity contribution is 5.85. The molecule has 0 unspecified atom stereocenters. The lowest BCUT2D eigenvalue weighted by Crippen LogP contribution is -2.19. The zero-order valence-corrected chi connectivity index (χ0v) is 15.3. The fourth-order valence-electron chi connectivity index (χ4n) is 2.49. The van der Waals surface area contributed by atoms with Crippen molar-refractivity contribution < 1.29 is 9.53 Å². The summed E-state index contributed by atoms with van der Waals surface area (Å²) < 4.78 is 7.12. The molecule has 0 saturated heterocycles. The maximum Gasteiger partial charge on any atom is 0.418 e. The van der Waals surface area contributed by atoms with Crippen LogP contribution in [0, 0.1) is 0 Å². The minimum absolute atomic E-state index is 0.123. The van der Waals surface area contributed by atoms with Gasteiger partial charge >= 0.3 is 6.09 Å². The lowest BCUT2D eigenvalue weighted by Gasteiger charge is -2.14. The van der Waals surface area contributed by atoms with Crippen molar-refractivity contribution in [3.63, 3.8) is 0 Å². The molecule has 0 atom stereocenters. The van der Waals surface area contributed by atoms with Crippen LogP contribution in [0.3, 0.4) is 0 Å². The number of aromatic nitrogens is 2. The van der Waals surface area contributed by atoms with Gasteiger partial charge in [0.1, 0.15) is 11.6 Å². The molecule has 2 aromatic carbocycles. The van der Waals surface area contributed by atoms with Crippen LogP contribution in [0.25, 0.3) is 0 Å².